The Labute approximate surface area is 186 Å². The van der Waals surface area contributed by atoms with E-state index >= 15 is 0 Å². The second-order valence-electron chi connectivity index (χ2n) is 7.04. The number of carbonyl (C=O) groups is 1. The number of nitrogens with zero attached hydrogens (tertiary/aromatic N) is 3. The van der Waals surface area contributed by atoms with Crippen LogP contribution in [0, 0.1) is 11.8 Å². The summed E-state index contributed by atoms with van der Waals surface area (Å²) in [6.07, 6.45) is 9.20. The number of aliphatic imine (C=N–C) groups is 1. The van der Waals surface area contributed by atoms with Crippen LogP contribution in [0.5, 0.6) is 0 Å². The van der Waals surface area contributed by atoms with Crippen molar-refractivity contribution in [3.63, 3.8) is 0 Å². The van der Waals surface area contributed by atoms with Crippen LogP contribution in [-0.2, 0) is 0 Å². The molecular weight excluding hydrogens is 402 g/mol. The number of rotatable bonds is 7. The van der Waals surface area contributed by atoms with Crippen LogP contribution in [0.25, 0.3) is 22.8 Å². The van der Waals surface area contributed by atoms with Crippen LogP contribution in [-0.4, -0.2) is 16.6 Å². The van der Waals surface area contributed by atoms with E-state index in [1.54, 1.807) is 24.4 Å². The number of allylic oxidation sites excluding steroid dienone is 5. The molecule has 6 nitrogen and oxygen atoms in total. The molecule has 0 saturated carbocycles. The van der Waals surface area contributed by atoms with Gasteiger partial charge in [-0.25, -0.2) is 4.98 Å². The highest BCUT2D eigenvalue weighted by atomic mass is 16.4. The summed E-state index contributed by atoms with van der Waals surface area (Å²) in [5.74, 6) is 0.200. The molecule has 3 aromatic rings. The van der Waals surface area contributed by atoms with Crippen LogP contribution in [0.1, 0.15) is 29.8 Å². The van der Waals surface area contributed by atoms with Gasteiger partial charge in [0.25, 0.3) is 0 Å². The van der Waals surface area contributed by atoms with Gasteiger partial charge in [0.1, 0.15) is 0 Å². The Bertz CT molecular complexity index is 1250. The van der Waals surface area contributed by atoms with Gasteiger partial charge in [-0.3, -0.25) is 9.79 Å². The summed E-state index contributed by atoms with van der Waals surface area (Å²) in [4.78, 5) is 30.9. The largest absolute Gasteiger partial charge is 0.436 e. The van der Waals surface area contributed by atoms with Crippen molar-refractivity contribution in [1.29, 1.82) is 0 Å². The topological polar surface area (TPSA) is 84.9 Å². The number of aryl methyl sites for hydroxylation is 1. The van der Waals surface area contributed by atoms with Crippen molar-refractivity contribution in [3.8, 4) is 22.8 Å². The van der Waals surface area contributed by atoms with E-state index in [4.69, 9.17) is 9.41 Å². The lowest BCUT2D eigenvalue weighted by atomic mass is 10.1. The van der Waals surface area contributed by atoms with E-state index < -0.39 is 5.91 Å². The van der Waals surface area contributed by atoms with Gasteiger partial charge in [-0.05, 0) is 56.2 Å². The maximum absolute atomic E-state index is 11.4. The Hall–Kier alpha value is -4.19. The first-order valence-electron chi connectivity index (χ1n) is 10.0. The highest BCUT2D eigenvalue weighted by Crippen LogP contribution is 2.30. The van der Waals surface area contributed by atoms with Gasteiger partial charge in [0.05, 0.1) is 11.9 Å². The number of oxazole rings is 1. The van der Waals surface area contributed by atoms with E-state index in [0.717, 1.165) is 33.7 Å². The average molecular weight is 425 g/mol. The number of carbonyl (C=O) groups excluding carboxylic acids is 1. The van der Waals surface area contributed by atoms with E-state index in [1.165, 1.54) is 12.1 Å². The van der Waals surface area contributed by atoms with Crippen LogP contribution < -0.4 is 0 Å². The number of amides is 1. The molecule has 160 valence electrons. The minimum absolute atomic E-state index is 0.225. The van der Waals surface area contributed by atoms with E-state index in [9.17, 15) is 9.70 Å². The molecule has 32 heavy (non-hydrogen) atoms. The van der Waals surface area contributed by atoms with E-state index in [0.29, 0.717) is 11.7 Å². The summed E-state index contributed by atoms with van der Waals surface area (Å²) in [6, 6.07) is 12.3. The number of hydrogen-bond donors (Lipinski definition) is 0. The summed E-state index contributed by atoms with van der Waals surface area (Å²) in [5, 5.41) is 2.42. The third kappa shape index (κ3) is 5.10. The summed E-state index contributed by atoms with van der Waals surface area (Å²) < 4.78 is 5.94. The molecule has 0 fully saturated rings. The zero-order chi connectivity index (χ0) is 23.1. The van der Waals surface area contributed by atoms with E-state index in [2.05, 4.69) is 16.7 Å². The average Bonchev–Trinajstić information content (AvgIpc) is 3.31. The van der Waals surface area contributed by atoms with Crippen molar-refractivity contribution in [1.82, 2.24) is 4.98 Å². The molecule has 0 bridgehead atoms. The quantitative estimate of drug-likeness (QED) is 0.232. The lowest BCUT2D eigenvalue weighted by Crippen LogP contribution is -1.94. The Kier molecular flexibility index (Phi) is 7.18. The second-order valence-corrected chi connectivity index (χ2v) is 7.04. The van der Waals surface area contributed by atoms with Crippen molar-refractivity contribution in [3.05, 3.63) is 101 Å². The van der Waals surface area contributed by atoms with Gasteiger partial charge in [0.2, 0.25) is 5.89 Å². The summed E-state index contributed by atoms with van der Waals surface area (Å²) in [7, 11) is 0. The maximum atomic E-state index is 11.4. The molecule has 1 aromatic heterocycles. The van der Waals surface area contributed by atoms with Crippen LogP contribution in [0.2, 0.25) is 0 Å². The fourth-order valence-corrected chi connectivity index (χ4v) is 3.08. The molecule has 0 atom stereocenters. The minimum atomic E-state index is -0.807. The van der Waals surface area contributed by atoms with Gasteiger partial charge in [0, 0.05) is 27.6 Å². The monoisotopic (exact) mass is 425 g/mol. The first-order chi connectivity index (χ1) is 15.5. The van der Waals surface area contributed by atoms with Crippen LogP contribution in [0.4, 0.5) is 5.69 Å². The molecule has 6 heteroatoms. The van der Waals surface area contributed by atoms with Gasteiger partial charge < -0.3 is 4.42 Å². The summed E-state index contributed by atoms with van der Waals surface area (Å²) in [6.45, 7) is 9.64. The lowest BCUT2D eigenvalue weighted by molar-refractivity contribution is 0.100. The van der Waals surface area contributed by atoms with Crippen molar-refractivity contribution >= 4 is 17.3 Å². The van der Waals surface area contributed by atoms with Crippen LogP contribution in [0.3, 0.4) is 0 Å². The first-order valence-corrected chi connectivity index (χ1v) is 10.0. The molecule has 0 radical (unpaired) electrons. The number of hydrogen-bond acceptors (Lipinski definition) is 5. The highest BCUT2D eigenvalue weighted by Gasteiger charge is 2.12. The van der Waals surface area contributed by atoms with Gasteiger partial charge in [0.15, 0.2) is 5.76 Å². The Balaban J connectivity index is 1.90. The number of benzene rings is 2. The second kappa shape index (κ2) is 10.2. The molecule has 0 N–H and O–H groups in total. The highest BCUT2D eigenvalue weighted by molar-refractivity contribution is 6.02. The van der Waals surface area contributed by atoms with Crippen molar-refractivity contribution in [2.45, 2.75) is 20.8 Å². The fourth-order valence-electron chi connectivity index (χ4n) is 3.08. The molecular formula is C26H23N3O3. The molecule has 3 rings (SSSR count). The molecule has 0 aliphatic rings. The van der Waals surface area contributed by atoms with Gasteiger partial charge in [-0.15, -0.1) is 4.91 Å². The number of nitroso groups, excluding NO2 is 1. The Morgan fingerprint density at radius 2 is 1.84 bits per heavy atom. The molecule has 0 aliphatic carbocycles. The molecule has 0 saturated heterocycles. The normalized spacial score (nSPS) is 12.2. The fraction of sp³-hybridized carbons (Fsp3) is 0.115. The Morgan fingerprint density at radius 3 is 2.50 bits per heavy atom. The predicted octanol–water partition coefficient (Wildman–Crippen LogP) is 7.00. The lowest BCUT2D eigenvalue weighted by Gasteiger charge is -2.06. The number of aromatic nitrogens is 1. The Morgan fingerprint density at radius 1 is 1.12 bits per heavy atom. The maximum Gasteiger partial charge on any atom is 0.316 e. The van der Waals surface area contributed by atoms with E-state index in [1.807, 2.05) is 57.2 Å². The van der Waals surface area contributed by atoms with Crippen molar-refractivity contribution < 1.29 is 9.21 Å². The summed E-state index contributed by atoms with van der Waals surface area (Å²) in [5.41, 5.74) is 5.53. The SMILES string of the molecule is C=C/C=C\C(=C/C)C(C)=Nc1cc(-c2ncc(-c3ccc(C(=O)N=O)cc3)o2)ccc1C. The van der Waals surface area contributed by atoms with Gasteiger partial charge >= 0.3 is 5.91 Å². The third-order valence-electron chi connectivity index (χ3n) is 4.89. The van der Waals surface area contributed by atoms with Crippen LogP contribution in [0.15, 0.2) is 99.7 Å². The van der Waals surface area contributed by atoms with E-state index in [-0.39, 0.29) is 5.56 Å². The summed E-state index contributed by atoms with van der Waals surface area (Å²) >= 11 is 0. The third-order valence-corrected chi connectivity index (χ3v) is 4.89. The first kappa shape index (κ1) is 22.5. The van der Waals surface area contributed by atoms with Crippen LogP contribution >= 0.6 is 0 Å². The zero-order valence-electron chi connectivity index (χ0n) is 18.2. The molecule has 0 unspecified atom stereocenters. The molecule has 1 amide bonds. The smallest absolute Gasteiger partial charge is 0.316 e. The van der Waals surface area contributed by atoms with Gasteiger partial charge in [-0.2, -0.15) is 0 Å². The zero-order valence-corrected chi connectivity index (χ0v) is 18.2. The molecule has 2 aromatic carbocycles. The molecule has 0 aliphatic heterocycles. The van der Waals surface area contributed by atoms with Gasteiger partial charge in [-0.1, -0.05) is 49.1 Å². The standard InChI is InChI=1S/C26H23N3O3/c1-5-7-8-19(6-2)18(4)28-23-15-22(10-9-17(23)3)26-27-16-24(32-26)20-11-13-21(14-12-20)25(30)29-31/h5-16H,1H2,2-4H3/b8-7-,19-6+,28-18?. The van der Waals surface area contributed by atoms with Crippen molar-refractivity contribution in [2.24, 2.45) is 10.2 Å². The molecule has 0 spiro atoms. The molecule has 1 heterocycles. The van der Waals surface area contributed by atoms with Crippen molar-refractivity contribution in [2.75, 3.05) is 0 Å². The predicted molar refractivity (Wildman–Crippen MR) is 128 cm³/mol. The minimum Gasteiger partial charge on any atom is -0.436 e.